The molecule has 10 nitrogen and oxygen atoms in total. The number of rotatable bonds is 9. The maximum Gasteiger partial charge on any atom is 0.309 e. The Hall–Kier alpha value is -3.27. The minimum absolute atomic E-state index is 0.110. The minimum Gasteiger partial charge on any atom is -0.309 e. The van der Waals surface area contributed by atoms with E-state index in [0.717, 1.165) is 30.7 Å². The fraction of sp³-hybridized carbons (Fsp3) is 0.450. The summed E-state index contributed by atoms with van der Waals surface area (Å²) in [6.45, 7) is 10.9. The molecular weight excluding hydrogens is 386 g/mol. The van der Waals surface area contributed by atoms with Crippen LogP contribution in [-0.2, 0) is 11.3 Å². The fourth-order valence-electron chi connectivity index (χ4n) is 3.49. The van der Waals surface area contributed by atoms with Crippen molar-refractivity contribution in [3.05, 3.63) is 46.3 Å². The topological polar surface area (TPSA) is 111 Å². The number of anilines is 1. The predicted octanol–water partition coefficient (Wildman–Crippen LogP) is 2.99. The van der Waals surface area contributed by atoms with E-state index >= 15 is 0 Å². The van der Waals surface area contributed by atoms with Crippen molar-refractivity contribution in [3.63, 3.8) is 0 Å². The summed E-state index contributed by atoms with van der Waals surface area (Å²) in [7, 11) is 0. The van der Waals surface area contributed by atoms with Gasteiger partial charge in [-0.1, -0.05) is 26.0 Å². The van der Waals surface area contributed by atoms with Crippen molar-refractivity contribution in [3.8, 4) is 0 Å². The van der Waals surface area contributed by atoms with Crippen LogP contribution in [0.1, 0.15) is 32.5 Å². The first-order valence-electron chi connectivity index (χ1n) is 10.0. The summed E-state index contributed by atoms with van der Waals surface area (Å²) < 4.78 is 3.35. The lowest BCUT2D eigenvalue weighted by Crippen LogP contribution is -2.29. The smallest absolute Gasteiger partial charge is 0.309 e. The van der Waals surface area contributed by atoms with E-state index in [1.54, 1.807) is 13.8 Å². The lowest BCUT2D eigenvalue weighted by atomic mass is 10.3. The highest BCUT2D eigenvalue weighted by atomic mass is 16.6. The molecule has 10 heteroatoms. The number of benzene rings is 1. The van der Waals surface area contributed by atoms with Crippen molar-refractivity contribution in [1.82, 2.24) is 24.2 Å². The van der Waals surface area contributed by atoms with Crippen LogP contribution in [0.25, 0.3) is 11.0 Å². The summed E-state index contributed by atoms with van der Waals surface area (Å²) in [5.74, 6) is 0.120. The molecule has 3 aromatic rings. The zero-order valence-electron chi connectivity index (χ0n) is 17.7. The van der Waals surface area contributed by atoms with Gasteiger partial charge in [-0.25, -0.2) is 4.98 Å². The second-order valence-corrected chi connectivity index (χ2v) is 7.08. The van der Waals surface area contributed by atoms with E-state index in [0.29, 0.717) is 18.2 Å². The summed E-state index contributed by atoms with van der Waals surface area (Å²) in [4.78, 5) is 30.4. The average Bonchev–Trinajstić information content (AvgIpc) is 3.28. The molecule has 30 heavy (non-hydrogen) atoms. The summed E-state index contributed by atoms with van der Waals surface area (Å²) in [5.41, 5.74) is 1.96. The SMILES string of the molecule is CCN(CC)CCn1c(NC(=O)C(C)n2ncc([N+](=O)[O-])c2C)nc2ccccc21. The van der Waals surface area contributed by atoms with Gasteiger partial charge in [0, 0.05) is 13.1 Å². The first kappa shape index (κ1) is 21.4. The number of hydrogen-bond acceptors (Lipinski definition) is 6. The van der Waals surface area contributed by atoms with Crippen LogP contribution < -0.4 is 5.32 Å². The van der Waals surface area contributed by atoms with E-state index < -0.39 is 11.0 Å². The normalized spacial score (nSPS) is 12.4. The molecule has 1 aromatic carbocycles. The number of carbonyl (C=O) groups is 1. The first-order valence-corrected chi connectivity index (χ1v) is 10.0. The van der Waals surface area contributed by atoms with Gasteiger partial charge >= 0.3 is 5.69 Å². The van der Waals surface area contributed by atoms with Crippen molar-refractivity contribution < 1.29 is 9.72 Å². The molecule has 0 bridgehead atoms. The van der Waals surface area contributed by atoms with Gasteiger partial charge < -0.3 is 9.47 Å². The number of nitrogens with zero attached hydrogens (tertiary/aromatic N) is 6. The molecule has 1 amide bonds. The lowest BCUT2D eigenvalue weighted by Gasteiger charge is -2.20. The zero-order chi connectivity index (χ0) is 21.8. The molecule has 2 heterocycles. The van der Waals surface area contributed by atoms with Crippen LogP contribution in [0.5, 0.6) is 0 Å². The molecular formula is C20H27N7O3. The van der Waals surface area contributed by atoms with Gasteiger partial charge in [0.2, 0.25) is 5.95 Å². The number of nitro groups is 1. The second-order valence-electron chi connectivity index (χ2n) is 7.08. The van der Waals surface area contributed by atoms with Gasteiger partial charge in [0.05, 0.1) is 16.0 Å². The van der Waals surface area contributed by atoms with Crippen molar-refractivity contribution in [1.29, 1.82) is 0 Å². The maximum atomic E-state index is 12.9. The number of hydrogen-bond donors (Lipinski definition) is 1. The van der Waals surface area contributed by atoms with Gasteiger partial charge in [0.25, 0.3) is 5.91 Å². The Morgan fingerprint density at radius 3 is 2.63 bits per heavy atom. The highest BCUT2D eigenvalue weighted by Gasteiger charge is 2.25. The number of amides is 1. The Morgan fingerprint density at radius 1 is 1.30 bits per heavy atom. The third-order valence-electron chi connectivity index (χ3n) is 5.39. The summed E-state index contributed by atoms with van der Waals surface area (Å²) in [6, 6.07) is 7.01. The van der Waals surface area contributed by atoms with E-state index in [1.807, 2.05) is 28.8 Å². The van der Waals surface area contributed by atoms with Crippen molar-refractivity contribution in [2.24, 2.45) is 0 Å². The largest absolute Gasteiger partial charge is 0.309 e. The Kier molecular flexibility index (Phi) is 6.46. The molecule has 1 atom stereocenters. The molecule has 0 aliphatic heterocycles. The number of nitrogens with one attached hydrogen (secondary N) is 1. The summed E-state index contributed by atoms with van der Waals surface area (Å²) in [6.07, 6.45) is 1.17. The second kappa shape index (κ2) is 9.04. The molecule has 1 unspecified atom stereocenters. The van der Waals surface area contributed by atoms with Crippen LogP contribution in [-0.4, -0.2) is 54.7 Å². The van der Waals surface area contributed by atoms with Gasteiger partial charge in [0.15, 0.2) is 0 Å². The number of imidazole rings is 1. The van der Waals surface area contributed by atoms with Crippen LogP contribution in [0.15, 0.2) is 30.5 Å². The quantitative estimate of drug-likeness (QED) is 0.426. The Bertz CT molecular complexity index is 1050. The highest BCUT2D eigenvalue weighted by molar-refractivity contribution is 5.94. The van der Waals surface area contributed by atoms with E-state index in [4.69, 9.17) is 0 Å². The monoisotopic (exact) mass is 413 g/mol. The van der Waals surface area contributed by atoms with Gasteiger partial charge in [-0.15, -0.1) is 0 Å². The van der Waals surface area contributed by atoms with Gasteiger partial charge in [-0.3, -0.25) is 24.9 Å². The Labute approximate surface area is 174 Å². The van der Waals surface area contributed by atoms with Crippen molar-refractivity contribution in [2.45, 2.75) is 40.3 Å². The maximum absolute atomic E-state index is 12.9. The number of carbonyl (C=O) groups excluding carboxylic acids is 1. The van der Waals surface area contributed by atoms with Crippen LogP contribution in [0, 0.1) is 17.0 Å². The molecule has 0 aliphatic carbocycles. The first-order chi connectivity index (χ1) is 14.4. The summed E-state index contributed by atoms with van der Waals surface area (Å²) in [5, 5.41) is 18.0. The Balaban J connectivity index is 1.86. The molecule has 0 aliphatic rings. The zero-order valence-corrected chi connectivity index (χ0v) is 17.7. The van der Waals surface area contributed by atoms with Gasteiger partial charge in [-0.05, 0) is 39.1 Å². The highest BCUT2D eigenvalue weighted by Crippen LogP contribution is 2.23. The van der Waals surface area contributed by atoms with E-state index in [1.165, 1.54) is 10.9 Å². The van der Waals surface area contributed by atoms with Crippen LogP contribution in [0.4, 0.5) is 11.6 Å². The third kappa shape index (κ3) is 4.18. The minimum atomic E-state index is -0.727. The number of aromatic nitrogens is 4. The molecule has 2 aromatic heterocycles. The summed E-state index contributed by atoms with van der Waals surface area (Å²) >= 11 is 0. The predicted molar refractivity (Wildman–Crippen MR) is 114 cm³/mol. The van der Waals surface area contributed by atoms with Crippen LogP contribution >= 0.6 is 0 Å². The number of para-hydroxylation sites is 2. The molecule has 3 rings (SSSR count). The lowest BCUT2D eigenvalue weighted by molar-refractivity contribution is -0.385. The third-order valence-corrected chi connectivity index (χ3v) is 5.39. The van der Waals surface area contributed by atoms with E-state index in [-0.39, 0.29) is 11.6 Å². The van der Waals surface area contributed by atoms with Crippen LogP contribution in [0.2, 0.25) is 0 Å². The van der Waals surface area contributed by atoms with E-state index in [9.17, 15) is 14.9 Å². The molecule has 0 saturated carbocycles. The van der Waals surface area contributed by atoms with Gasteiger partial charge in [0.1, 0.15) is 17.9 Å². The standard InChI is InChI=1S/C20H27N7O3/c1-5-24(6-2)11-12-25-17-10-8-7-9-16(17)22-20(25)23-19(28)15(4)26-14(3)18(13-21-26)27(29)30/h7-10,13,15H,5-6,11-12H2,1-4H3,(H,22,23,28). The van der Waals surface area contributed by atoms with Crippen molar-refractivity contribution in [2.75, 3.05) is 25.0 Å². The number of fused-ring (bicyclic) bond motifs is 1. The van der Waals surface area contributed by atoms with E-state index in [2.05, 4.69) is 34.1 Å². The van der Waals surface area contributed by atoms with Crippen molar-refractivity contribution >= 4 is 28.6 Å². The van der Waals surface area contributed by atoms with Crippen LogP contribution in [0.3, 0.4) is 0 Å². The average molecular weight is 413 g/mol. The molecule has 0 spiro atoms. The van der Waals surface area contributed by atoms with Gasteiger partial charge in [-0.2, -0.15) is 5.10 Å². The molecule has 0 radical (unpaired) electrons. The Morgan fingerprint density at radius 2 is 2.00 bits per heavy atom. The number of likely N-dealkylation sites (N-methyl/N-ethyl adjacent to an activating group) is 1. The fourth-order valence-corrected chi connectivity index (χ4v) is 3.49. The molecule has 160 valence electrons. The molecule has 0 saturated heterocycles. The molecule has 1 N–H and O–H groups in total. The molecule has 0 fully saturated rings.